The van der Waals surface area contributed by atoms with Crippen molar-refractivity contribution >= 4 is 39.2 Å². The second-order valence-corrected chi connectivity index (χ2v) is 9.35. The predicted octanol–water partition coefficient (Wildman–Crippen LogP) is 4.61. The number of methoxy groups -OCH3 is 1. The van der Waals surface area contributed by atoms with Crippen molar-refractivity contribution in [3.63, 3.8) is 0 Å². The molecule has 29 heavy (non-hydrogen) atoms. The van der Waals surface area contributed by atoms with Gasteiger partial charge in [-0.15, -0.1) is 21.5 Å². The van der Waals surface area contributed by atoms with Gasteiger partial charge in [-0.1, -0.05) is 43.2 Å². The molecule has 0 radical (unpaired) electrons. The van der Waals surface area contributed by atoms with Crippen molar-refractivity contribution in [2.45, 2.75) is 50.1 Å². The molecular weight excluding hydrogens is 404 g/mol. The third-order valence-electron chi connectivity index (χ3n) is 5.05. The van der Waals surface area contributed by atoms with Crippen LogP contribution in [0.5, 0.6) is 5.75 Å². The number of hydrogen-bond acceptors (Lipinski definition) is 7. The van der Waals surface area contributed by atoms with Crippen LogP contribution in [0.3, 0.4) is 0 Å². The second kappa shape index (κ2) is 9.09. The third-order valence-corrected chi connectivity index (χ3v) is 6.98. The van der Waals surface area contributed by atoms with Gasteiger partial charge in [-0.05, 0) is 31.9 Å². The predicted molar refractivity (Wildman–Crippen MR) is 118 cm³/mol. The van der Waals surface area contributed by atoms with Crippen LogP contribution in [0, 0.1) is 6.92 Å². The number of thiazole rings is 1. The molecule has 2 aromatic heterocycles. The second-order valence-electron chi connectivity index (χ2n) is 7.19. The molecule has 1 amide bonds. The topological polar surface area (TPSA) is 77.0 Å². The molecule has 3 aromatic rings. The average Bonchev–Trinajstić information content (AvgIpc) is 3.14. The van der Waals surface area contributed by atoms with E-state index in [1.54, 1.807) is 18.4 Å². The van der Waals surface area contributed by atoms with Crippen LogP contribution in [0.2, 0.25) is 0 Å². The lowest BCUT2D eigenvalue weighted by atomic mass is 9.95. The van der Waals surface area contributed by atoms with Crippen LogP contribution < -0.4 is 10.1 Å². The van der Waals surface area contributed by atoms with E-state index in [1.165, 1.54) is 31.0 Å². The van der Waals surface area contributed by atoms with Gasteiger partial charge in [0.25, 0.3) is 0 Å². The fraction of sp³-hybridized carbons (Fsp3) is 0.429. The Balaban J connectivity index is 1.54. The number of amides is 1. The first kappa shape index (κ1) is 20.1. The van der Waals surface area contributed by atoms with Gasteiger partial charge in [0, 0.05) is 11.6 Å². The van der Waals surface area contributed by atoms with Crippen LogP contribution in [0.1, 0.15) is 37.1 Å². The normalized spacial score (nSPS) is 14.8. The van der Waals surface area contributed by atoms with Gasteiger partial charge in [-0.25, -0.2) is 4.98 Å². The number of benzene rings is 1. The highest BCUT2D eigenvalue weighted by atomic mass is 32.2. The molecule has 152 valence electrons. The Hall–Kier alpha value is -2.19. The first-order valence-electron chi connectivity index (χ1n) is 9.84. The van der Waals surface area contributed by atoms with Crippen LogP contribution in [0.25, 0.3) is 21.5 Å². The van der Waals surface area contributed by atoms with Crippen LogP contribution in [0.15, 0.2) is 29.3 Å². The van der Waals surface area contributed by atoms with E-state index in [0.29, 0.717) is 16.8 Å². The summed E-state index contributed by atoms with van der Waals surface area (Å²) in [5, 5.41) is 13.7. The average molecular weight is 429 g/mol. The van der Waals surface area contributed by atoms with Crippen molar-refractivity contribution in [1.29, 1.82) is 0 Å². The quantitative estimate of drug-likeness (QED) is 0.578. The summed E-state index contributed by atoms with van der Waals surface area (Å²) in [6.07, 6.45) is 5.85. The number of ether oxygens (including phenoxy) is 1. The van der Waals surface area contributed by atoms with E-state index in [0.717, 1.165) is 45.1 Å². The first-order valence-corrected chi connectivity index (χ1v) is 11.6. The summed E-state index contributed by atoms with van der Waals surface area (Å²) in [5.74, 6) is 1.16. The number of carbonyl (C=O) groups is 1. The Kier molecular flexibility index (Phi) is 6.30. The molecule has 0 atom stereocenters. The van der Waals surface area contributed by atoms with Crippen molar-refractivity contribution < 1.29 is 9.53 Å². The van der Waals surface area contributed by atoms with E-state index in [9.17, 15) is 4.79 Å². The highest BCUT2D eigenvalue weighted by Crippen LogP contribution is 2.36. The van der Waals surface area contributed by atoms with E-state index in [-0.39, 0.29) is 5.91 Å². The highest BCUT2D eigenvalue weighted by Gasteiger charge is 2.19. The van der Waals surface area contributed by atoms with Crippen molar-refractivity contribution in [3.8, 4) is 17.0 Å². The summed E-state index contributed by atoms with van der Waals surface area (Å²) in [7, 11) is 1.65. The number of nitrogens with one attached hydrogen (secondary N) is 1. The van der Waals surface area contributed by atoms with Gasteiger partial charge >= 0.3 is 0 Å². The van der Waals surface area contributed by atoms with Crippen molar-refractivity contribution in [1.82, 2.24) is 20.5 Å². The Bertz CT molecular complexity index is 1020. The van der Waals surface area contributed by atoms with E-state index < -0.39 is 0 Å². The monoisotopic (exact) mass is 428 g/mol. The number of aromatic nitrogens is 3. The van der Waals surface area contributed by atoms with Crippen molar-refractivity contribution in [2.75, 3.05) is 12.9 Å². The fourth-order valence-electron chi connectivity index (χ4n) is 3.63. The molecule has 1 aliphatic rings. The fourth-order valence-corrected chi connectivity index (χ4v) is 5.35. The molecule has 6 nitrogen and oxygen atoms in total. The Morgan fingerprint density at radius 2 is 2.10 bits per heavy atom. The standard InChI is InChI=1S/C21H24N4O2S2/c1-13-22-19-20(29-13)18(14-7-6-10-16(11-14)27-2)24-25-21(19)28-12-17(26)23-15-8-4-3-5-9-15/h6-7,10-11,15H,3-5,8-9,12H2,1-2H3,(H,23,26). The molecule has 0 spiro atoms. The zero-order chi connectivity index (χ0) is 20.2. The summed E-state index contributed by atoms with van der Waals surface area (Å²) in [6.45, 7) is 1.98. The van der Waals surface area contributed by atoms with Crippen LogP contribution in [-0.2, 0) is 4.79 Å². The number of rotatable bonds is 6. The minimum Gasteiger partial charge on any atom is -0.497 e. The highest BCUT2D eigenvalue weighted by molar-refractivity contribution is 8.00. The maximum Gasteiger partial charge on any atom is 0.230 e. The molecule has 0 bridgehead atoms. The van der Waals surface area contributed by atoms with E-state index in [1.807, 2.05) is 31.2 Å². The molecule has 8 heteroatoms. The van der Waals surface area contributed by atoms with E-state index in [2.05, 4.69) is 20.5 Å². The van der Waals surface area contributed by atoms with Crippen LogP contribution >= 0.6 is 23.1 Å². The van der Waals surface area contributed by atoms with Gasteiger partial charge in [-0.2, -0.15) is 0 Å². The lowest BCUT2D eigenvalue weighted by Crippen LogP contribution is -2.37. The number of carbonyl (C=O) groups excluding carboxylic acids is 1. The Morgan fingerprint density at radius 3 is 2.90 bits per heavy atom. The Morgan fingerprint density at radius 1 is 1.28 bits per heavy atom. The molecule has 1 saturated carbocycles. The molecule has 1 aliphatic carbocycles. The van der Waals surface area contributed by atoms with Crippen LogP contribution in [0.4, 0.5) is 0 Å². The zero-order valence-corrected chi connectivity index (χ0v) is 18.2. The smallest absolute Gasteiger partial charge is 0.230 e. The molecule has 0 unspecified atom stereocenters. The lowest BCUT2D eigenvalue weighted by Gasteiger charge is -2.22. The molecular formula is C21H24N4O2S2. The largest absolute Gasteiger partial charge is 0.497 e. The SMILES string of the molecule is COc1cccc(-c2nnc(SCC(=O)NC3CCCCC3)c3nc(C)sc23)c1. The van der Waals surface area contributed by atoms with Gasteiger partial charge in [0.15, 0.2) is 0 Å². The van der Waals surface area contributed by atoms with Gasteiger partial charge in [0.05, 0.1) is 22.6 Å². The number of nitrogens with zero attached hydrogens (tertiary/aromatic N) is 3. The number of thioether (sulfide) groups is 1. The summed E-state index contributed by atoms with van der Waals surface area (Å²) < 4.78 is 6.32. The molecule has 1 fully saturated rings. The summed E-state index contributed by atoms with van der Waals surface area (Å²) in [6, 6.07) is 8.10. The van der Waals surface area contributed by atoms with E-state index in [4.69, 9.17) is 4.74 Å². The lowest BCUT2D eigenvalue weighted by molar-refractivity contribution is -0.119. The minimum atomic E-state index is 0.0562. The summed E-state index contributed by atoms with van der Waals surface area (Å²) in [4.78, 5) is 17.0. The number of aryl methyl sites for hydroxylation is 1. The molecule has 4 rings (SSSR count). The minimum absolute atomic E-state index is 0.0562. The van der Waals surface area contributed by atoms with Crippen LogP contribution in [-0.4, -0.2) is 40.0 Å². The van der Waals surface area contributed by atoms with E-state index >= 15 is 0 Å². The number of fused-ring (bicyclic) bond motifs is 1. The molecule has 0 saturated heterocycles. The molecule has 1 aromatic carbocycles. The molecule has 1 N–H and O–H groups in total. The summed E-state index contributed by atoms with van der Waals surface area (Å²) in [5.41, 5.74) is 2.55. The molecule has 2 heterocycles. The maximum atomic E-state index is 12.4. The van der Waals surface area contributed by atoms with Gasteiger partial charge < -0.3 is 10.1 Å². The first-order chi connectivity index (χ1) is 14.1. The van der Waals surface area contributed by atoms with Gasteiger partial charge in [0.1, 0.15) is 22.0 Å². The molecule has 0 aliphatic heterocycles. The van der Waals surface area contributed by atoms with Gasteiger partial charge in [-0.3, -0.25) is 4.79 Å². The Labute approximate surface area is 178 Å². The third kappa shape index (κ3) is 4.70. The summed E-state index contributed by atoms with van der Waals surface area (Å²) >= 11 is 3.00. The number of hydrogen-bond donors (Lipinski definition) is 1. The van der Waals surface area contributed by atoms with Crippen molar-refractivity contribution in [3.05, 3.63) is 29.3 Å². The zero-order valence-electron chi connectivity index (χ0n) is 16.6. The van der Waals surface area contributed by atoms with Crippen molar-refractivity contribution in [2.24, 2.45) is 0 Å². The van der Waals surface area contributed by atoms with Gasteiger partial charge in [0.2, 0.25) is 5.91 Å². The maximum absolute atomic E-state index is 12.4.